The number of carbonyl (C=O) groups excluding carboxylic acids is 2. The van der Waals surface area contributed by atoms with Gasteiger partial charge in [-0.25, -0.2) is 10.2 Å². The van der Waals surface area contributed by atoms with Crippen molar-refractivity contribution in [2.24, 2.45) is 5.73 Å². The summed E-state index contributed by atoms with van der Waals surface area (Å²) < 4.78 is 0.797. The molecule has 1 heterocycles. The molecule has 0 atom stereocenters. The van der Waals surface area contributed by atoms with Crippen LogP contribution in [0.15, 0.2) is 21.7 Å². The zero-order chi connectivity index (χ0) is 12.8. The van der Waals surface area contributed by atoms with Crippen LogP contribution in [0.5, 0.6) is 0 Å². The van der Waals surface area contributed by atoms with Crippen molar-refractivity contribution in [3.8, 4) is 0 Å². The molecule has 1 aromatic heterocycles. The van der Waals surface area contributed by atoms with Crippen molar-refractivity contribution in [3.63, 3.8) is 0 Å². The average molecular weight is 242 g/mol. The fourth-order valence-corrected chi connectivity index (χ4v) is 0.943. The summed E-state index contributed by atoms with van der Waals surface area (Å²) in [4.78, 5) is 48.0. The van der Waals surface area contributed by atoms with Gasteiger partial charge in [0.25, 0.3) is 17.0 Å². The predicted octanol–water partition coefficient (Wildman–Crippen LogP) is -2.93. The van der Waals surface area contributed by atoms with Crippen LogP contribution in [0.4, 0.5) is 0 Å². The predicted molar refractivity (Wildman–Crippen MR) is 54.6 cm³/mol. The van der Waals surface area contributed by atoms with Crippen LogP contribution in [0.3, 0.4) is 0 Å². The topological polar surface area (TPSA) is 136 Å². The molecule has 9 heteroatoms. The van der Waals surface area contributed by atoms with Gasteiger partial charge in [-0.1, -0.05) is 0 Å². The Morgan fingerprint density at radius 1 is 1.41 bits per heavy atom. The second kappa shape index (κ2) is 5.61. The quantitative estimate of drug-likeness (QED) is 0.475. The Kier molecular flexibility index (Phi) is 4.17. The smallest absolute Gasteiger partial charge is 0.265 e. The van der Waals surface area contributed by atoms with Crippen molar-refractivity contribution in [1.82, 2.24) is 15.3 Å². The van der Waals surface area contributed by atoms with Crippen molar-refractivity contribution in [2.75, 3.05) is 6.61 Å². The van der Waals surface area contributed by atoms with E-state index >= 15 is 0 Å². The highest BCUT2D eigenvalue weighted by Crippen LogP contribution is 1.75. The highest BCUT2D eigenvalue weighted by Gasteiger charge is 2.05. The fraction of sp³-hybridized carbons (Fsp3) is 0.250. The molecule has 2 amide bonds. The number of carbonyl (C=O) groups is 2. The van der Waals surface area contributed by atoms with Gasteiger partial charge in [0.1, 0.15) is 6.54 Å². The van der Waals surface area contributed by atoms with Gasteiger partial charge < -0.3 is 5.73 Å². The van der Waals surface area contributed by atoms with Crippen LogP contribution in [-0.4, -0.2) is 28.2 Å². The first-order chi connectivity index (χ1) is 7.99. The molecule has 0 fully saturated rings. The summed E-state index contributed by atoms with van der Waals surface area (Å²) >= 11 is 0. The summed E-state index contributed by atoms with van der Waals surface area (Å²) in [6.45, 7) is -0.917. The number of hydrogen-bond donors (Lipinski definition) is 3. The summed E-state index contributed by atoms with van der Waals surface area (Å²) in [5, 5.41) is 2.15. The lowest BCUT2D eigenvalue weighted by atomic mass is 10.5. The zero-order valence-corrected chi connectivity index (χ0v) is 8.63. The van der Waals surface area contributed by atoms with Crippen molar-refractivity contribution in [3.05, 3.63) is 32.8 Å². The van der Waals surface area contributed by atoms with E-state index in [1.54, 1.807) is 0 Å². The van der Waals surface area contributed by atoms with Gasteiger partial charge in [-0.05, 0) is 0 Å². The van der Waals surface area contributed by atoms with Gasteiger partial charge in [-0.15, -0.1) is 0 Å². The summed E-state index contributed by atoms with van der Waals surface area (Å²) in [6.07, 6.45) is 0. The van der Waals surface area contributed by atoms with Crippen LogP contribution in [-0.2, 0) is 21.0 Å². The van der Waals surface area contributed by atoms with E-state index in [4.69, 9.17) is 5.73 Å². The monoisotopic (exact) mass is 242 g/mol. The van der Waals surface area contributed by atoms with Gasteiger partial charge >= 0.3 is 0 Å². The molecule has 0 aliphatic rings. The Balaban J connectivity index is 2.56. The van der Waals surface area contributed by atoms with Crippen LogP contribution >= 0.6 is 0 Å². The molecule has 1 aromatic rings. The van der Waals surface area contributed by atoms with Gasteiger partial charge in [-0.2, -0.15) is 0 Å². The molecule has 0 bridgehead atoms. The number of hydrogen-bond acceptors (Lipinski definition) is 5. The van der Waals surface area contributed by atoms with Crippen LogP contribution < -0.4 is 22.3 Å². The maximum atomic E-state index is 11.2. The van der Waals surface area contributed by atoms with Crippen LogP contribution in [0.2, 0.25) is 0 Å². The van der Waals surface area contributed by atoms with Crippen LogP contribution in [0.1, 0.15) is 0 Å². The van der Waals surface area contributed by atoms with E-state index in [2.05, 4.69) is 9.94 Å². The number of nitrogens with one attached hydrogen (secondary N) is 2. The number of H-pyrrole nitrogens is 1. The molecule has 0 aliphatic carbocycles. The second-order valence-corrected chi connectivity index (χ2v) is 3.01. The van der Waals surface area contributed by atoms with E-state index < -0.39 is 36.1 Å². The summed E-state index contributed by atoms with van der Waals surface area (Å²) in [5.74, 6) is -1.47. The number of aromatic nitrogens is 2. The van der Waals surface area contributed by atoms with Gasteiger partial charge in [0.05, 0.1) is 0 Å². The molecule has 9 nitrogen and oxygen atoms in total. The van der Waals surface area contributed by atoms with Gasteiger partial charge in [0.2, 0.25) is 5.91 Å². The maximum Gasteiger partial charge on any atom is 0.265 e. The molecule has 0 aliphatic heterocycles. The third kappa shape index (κ3) is 4.30. The lowest BCUT2D eigenvalue weighted by molar-refractivity contribution is -0.138. The summed E-state index contributed by atoms with van der Waals surface area (Å²) in [5.41, 5.74) is 5.58. The molecule has 0 radical (unpaired) electrons. The minimum Gasteiger partial charge on any atom is -0.368 e. The van der Waals surface area contributed by atoms with E-state index in [1.807, 2.05) is 5.48 Å². The molecular formula is C8H10N4O5. The normalized spacial score (nSPS) is 9.88. The Bertz CT molecular complexity index is 531. The van der Waals surface area contributed by atoms with Gasteiger partial charge in [0, 0.05) is 12.1 Å². The van der Waals surface area contributed by atoms with Crippen LogP contribution in [0, 0.1) is 0 Å². The first-order valence-electron chi connectivity index (χ1n) is 4.48. The number of aromatic amines is 1. The summed E-state index contributed by atoms with van der Waals surface area (Å²) in [7, 11) is 0. The SMILES string of the molecule is NC(=O)CONC(=O)Cn1[nH]c(=O)ccc1=O. The Morgan fingerprint density at radius 3 is 2.76 bits per heavy atom. The van der Waals surface area contributed by atoms with Crippen molar-refractivity contribution in [2.45, 2.75) is 6.54 Å². The first kappa shape index (κ1) is 12.6. The highest BCUT2D eigenvalue weighted by molar-refractivity contribution is 5.76. The summed E-state index contributed by atoms with van der Waals surface area (Å²) in [6, 6.07) is 2.07. The zero-order valence-electron chi connectivity index (χ0n) is 8.63. The Labute approximate surface area is 94.1 Å². The average Bonchev–Trinajstić information content (AvgIpc) is 2.23. The standard InChI is InChI=1S/C8H10N4O5/c9-5(13)4-17-11-7(15)3-12-8(16)2-1-6(14)10-12/h1-2H,3-4H2,(H2,9,13)(H,10,14)(H,11,15). The third-order valence-corrected chi connectivity index (χ3v) is 1.59. The minimum atomic E-state index is -0.754. The number of rotatable bonds is 5. The molecule has 0 saturated heterocycles. The van der Waals surface area contributed by atoms with E-state index in [0.29, 0.717) is 0 Å². The minimum absolute atomic E-state index is 0.437. The highest BCUT2D eigenvalue weighted by atomic mass is 16.7. The van der Waals surface area contributed by atoms with E-state index in [0.717, 1.165) is 16.8 Å². The Morgan fingerprint density at radius 2 is 2.12 bits per heavy atom. The third-order valence-electron chi connectivity index (χ3n) is 1.59. The number of nitrogens with two attached hydrogens (primary N) is 1. The number of amides is 2. The number of hydroxylamine groups is 1. The molecule has 0 saturated carbocycles. The fourth-order valence-electron chi connectivity index (χ4n) is 0.943. The lowest BCUT2D eigenvalue weighted by Crippen LogP contribution is -2.37. The van der Waals surface area contributed by atoms with E-state index in [9.17, 15) is 19.2 Å². The van der Waals surface area contributed by atoms with Crippen molar-refractivity contribution in [1.29, 1.82) is 0 Å². The largest absolute Gasteiger partial charge is 0.368 e. The van der Waals surface area contributed by atoms with Gasteiger partial charge in [-0.3, -0.25) is 29.1 Å². The van der Waals surface area contributed by atoms with Crippen LogP contribution in [0.25, 0.3) is 0 Å². The number of primary amides is 1. The van der Waals surface area contributed by atoms with Gasteiger partial charge in [0.15, 0.2) is 6.61 Å². The van der Waals surface area contributed by atoms with Crippen molar-refractivity contribution < 1.29 is 14.4 Å². The Hall–Kier alpha value is -2.42. The molecular weight excluding hydrogens is 232 g/mol. The lowest BCUT2D eigenvalue weighted by Gasteiger charge is -2.05. The molecule has 4 N–H and O–H groups in total. The van der Waals surface area contributed by atoms with E-state index in [-0.39, 0.29) is 0 Å². The molecule has 1 rings (SSSR count). The van der Waals surface area contributed by atoms with Crippen molar-refractivity contribution >= 4 is 11.8 Å². The maximum absolute atomic E-state index is 11.2. The first-order valence-corrected chi connectivity index (χ1v) is 4.48. The molecule has 0 unspecified atom stereocenters. The number of nitrogens with zero attached hydrogens (tertiary/aromatic N) is 1. The molecule has 0 aromatic carbocycles. The molecule has 92 valence electrons. The van der Waals surface area contributed by atoms with E-state index in [1.165, 1.54) is 0 Å². The second-order valence-electron chi connectivity index (χ2n) is 3.01. The molecule has 17 heavy (non-hydrogen) atoms. The molecule has 0 spiro atoms.